The van der Waals surface area contributed by atoms with Crippen LogP contribution >= 0.6 is 0 Å². The van der Waals surface area contributed by atoms with Crippen LogP contribution in [-0.4, -0.2) is 42.6 Å². The number of aliphatic carboxylic acids is 1. The highest BCUT2D eigenvalue weighted by Crippen LogP contribution is 2.30. The molecule has 1 fully saturated rings. The lowest BCUT2D eigenvalue weighted by Crippen LogP contribution is -2.37. The maximum absolute atomic E-state index is 11.6. The maximum atomic E-state index is 11.6. The Kier molecular flexibility index (Phi) is 4.10. The van der Waals surface area contributed by atoms with Crippen molar-refractivity contribution < 1.29 is 18.3 Å². The molecule has 0 heterocycles. The van der Waals surface area contributed by atoms with Gasteiger partial charge < -0.3 is 5.11 Å². The first-order valence-corrected chi connectivity index (χ1v) is 6.76. The first-order chi connectivity index (χ1) is 6.95. The Morgan fingerprint density at radius 3 is 2.47 bits per heavy atom. The largest absolute Gasteiger partial charge is 0.480 e. The van der Waals surface area contributed by atoms with Crippen molar-refractivity contribution in [3.8, 4) is 0 Å². The molecule has 0 aromatic carbocycles. The molecule has 6 heteroatoms. The van der Waals surface area contributed by atoms with Gasteiger partial charge in [-0.1, -0.05) is 6.92 Å². The van der Waals surface area contributed by atoms with Crippen molar-refractivity contribution in [3.05, 3.63) is 0 Å². The molecule has 1 aliphatic rings. The van der Waals surface area contributed by atoms with Gasteiger partial charge in [0.15, 0.2) is 5.75 Å². The summed E-state index contributed by atoms with van der Waals surface area (Å²) in [5.41, 5.74) is 0. The van der Waals surface area contributed by atoms with Crippen molar-refractivity contribution in [2.45, 2.75) is 26.2 Å². The number of carbonyl (C=O) groups is 1. The van der Waals surface area contributed by atoms with E-state index in [9.17, 15) is 13.2 Å². The van der Waals surface area contributed by atoms with Crippen molar-refractivity contribution in [1.82, 2.24) is 4.31 Å². The Hall–Kier alpha value is -0.620. The van der Waals surface area contributed by atoms with Crippen LogP contribution in [0.4, 0.5) is 0 Å². The van der Waals surface area contributed by atoms with Gasteiger partial charge in [-0.05, 0) is 25.2 Å². The molecule has 0 bridgehead atoms. The Bertz CT molecular complexity index is 321. The van der Waals surface area contributed by atoms with Crippen LogP contribution in [0.5, 0.6) is 0 Å². The highest BCUT2D eigenvalue weighted by Gasteiger charge is 2.31. The first kappa shape index (κ1) is 12.4. The van der Waals surface area contributed by atoms with Gasteiger partial charge >= 0.3 is 5.97 Å². The number of carboxylic acids is 1. The molecule has 0 unspecified atom stereocenters. The fourth-order valence-electron chi connectivity index (χ4n) is 1.43. The zero-order chi connectivity index (χ0) is 11.5. The smallest absolute Gasteiger partial charge is 0.320 e. The van der Waals surface area contributed by atoms with Gasteiger partial charge in [-0.2, -0.15) is 0 Å². The van der Waals surface area contributed by atoms with E-state index in [1.54, 1.807) is 0 Å². The third-order valence-electron chi connectivity index (χ3n) is 2.33. The zero-order valence-corrected chi connectivity index (χ0v) is 9.66. The number of hydrogen-bond donors (Lipinski definition) is 1. The summed E-state index contributed by atoms with van der Waals surface area (Å²) in [4.78, 5) is 10.4. The summed E-state index contributed by atoms with van der Waals surface area (Å²) in [6.45, 7) is 2.80. The van der Waals surface area contributed by atoms with Gasteiger partial charge in [-0.25, -0.2) is 12.7 Å². The van der Waals surface area contributed by atoms with E-state index >= 15 is 0 Å². The second kappa shape index (κ2) is 4.94. The molecule has 1 N–H and O–H groups in total. The maximum Gasteiger partial charge on any atom is 0.320 e. The van der Waals surface area contributed by atoms with E-state index in [-0.39, 0.29) is 0 Å². The van der Waals surface area contributed by atoms with Crippen LogP contribution in [0.25, 0.3) is 0 Å². The molecule has 0 radical (unpaired) electrons. The zero-order valence-electron chi connectivity index (χ0n) is 8.85. The molecule has 0 aliphatic heterocycles. The van der Waals surface area contributed by atoms with E-state index in [0.29, 0.717) is 25.4 Å². The average molecular weight is 235 g/mol. The lowest BCUT2D eigenvalue weighted by atomic mass is 10.4. The van der Waals surface area contributed by atoms with E-state index < -0.39 is 21.7 Å². The standard InChI is InChI=1S/C9H17NO4S/c1-2-5-10(6-8-3-4-8)15(13,14)7-9(11)12/h8H,2-7H2,1H3,(H,11,12). The highest BCUT2D eigenvalue weighted by molar-refractivity contribution is 7.89. The summed E-state index contributed by atoms with van der Waals surface area (Å²) in [5.74, 6) is -1.63. The summed E-state index contributed by atoms with van der Waals surface area (Å²) in [6, 6.07) is 0. The fourth-order valence-corrected chi connectivity index (χ4v) is 2.82. The Labute approximate surface area is 90.1 Å². The van der Waals surface area contributed by atoms with E-state index in [2.05, 4.69) is 0 Å². The van der Waals surface area contributed by atoms with Crippen LogP contribution in [0.1, 0.15) is 26.2 Å². The summed E-state index contributed by atoms with van der Waals surface area (Å²) < 4.78 is 24.6. The minimum atomic E-state index is -3.61. The molecule has 0 atom stereocenters. The van der Waals surface area contributed by atoms with Crippen molar-refractivity contribution >= 4 is 16.0 Å². The van der Waals surface area contributed by atoms with Gasteiger partial charge in [0.25, 0.3) is 0 Å². The van der Waals surface area contributed by atoms with E-state index in [0.717, 1.165) is 12.8 Å². The minimum absolute atomic E-state index is 0.423. The summed E-state index contributed by atoms with van der Waals surface area (Å²) in [5, 5.41) is 8.51. The van der Waals surface area contributed by atoms with Gasteiger partial charge in [-0.15, -0.1) is 0 Å². The monoisotopic (exact) mass is 235 g/mol. The molecular formula is C9H17NO4S. The quantitative estimate of drug-likeness (QED) is 0.698. The molecule has 1 saturated carbocycles. The van der Waals surface area contributed by atoms with Crippen LogP contribution in [0.2, 0.25) is 0 Å². The van der Waals surface area contributed by atoms with Crippen molar-refractivity contribution in [2.24, 2.45) is 5.92 Å². The molecule has 0 saturated heterocycles. The first-order valence-electron chi connectivity index (χ1n) is 5.15. The second-order valence-electron chi connectivity index (χ2n) is 3.95. The molecule has 0 aromatic rings. The van der Waals surface area contributed by atoms with Crippen molar-refractivity contribution in [2.75, 3.05) is 18.8 Å². The van der Waals surface area contributed by atoms with Crippen molar-refractivity contribution in [3.63, 3.8) is 0 Å². The van der Waals surface area contributed by atoms with Gasteiger partial charge in [0.1, 0.15) is 0 Å². The summed E-state index contributed by atoms with van der Waals surface area (Å²) >= 11 is 0. The molecule has 0 spiro atoms. The molecule has 1 rings (SSSR count). The van der Waals surface area contributed by atoms with Gasteiger partial charge in [0.2, 0.25) is 10.0 Å². The normalized spacial score (nSPS) is 16.9. The average Bonchev–Trinajstić information content (AvgIpc) is 2.84. The molecule has 0 aromatic heterocycles. The van der Waals surface area contributed by atoms with Crippen LogP contribution in [0.15, 0.2) is 0 Å². The third-order valence-corrected chi connectivity index (χ3v) is 4.06. The minimum Gasteiger partial charge on any atom is -0.480 e. The third kappa shape index (κ3) is 4.17. The molecule has 88 valence electrons. The SMILES string of the molecule is CCCN(CC1CC1)S(=O)(=O)CC(=O)O. The van der Waals surface area contributed by atoms with Gasteiger partial charge in [-0.3, -0.25) is 4.79 Å². The van der Waals surface area contributed by atoms with Crippen LogP contribution in [-0.2, 0) is 14.8 Å². The van der Waals surface area contributed by atoms with Crippen LogP contribution < -0.4 is 0 Å². The van der Waals surface area contributed by atoms with E-state index in [4.69, 9.17) is 5.11 Å². The Morgan fingerprint density at radius 1 is 1.47 bits per heavy atom. The molecule has 0 amide bonds. The van der Waals surface area contributed by atoms with Crippen LogP contribution in [0.3, 0.4) is 0 Å². The van der Waals surface area contributed by atoms with Crippen LogP contribution in [0, 0.1) is 5.92 Å². The second-order valence-corrected chi connectivity index (χ2v) is 5.92. The Balaban J connectivity index is 2.62. The highest BCUT2D eigenvalue weighted by atomic mass is 32.2. The Morgan fingerprint density at radius 2 is 2.07 bits per heavy atom. The lowest BCUT2D eigenvalue weighted by Gasteiger charge is -2.20. The van der Waals surface area contributed by atoms with E-state index in [1.165, 1.54) is 4.31 Å². The number of hydrogen-bond acceptors (Lipinski definition) is 3. The fraction of sp³-hybridized carbons (Fsp3) is 0.889. The summed E-state index contributed by atoms with van der Waals surface area (Å²) in [6.07, 6.45) is 2.83. The van der Waals surface area contributed by atoms with E-state index in [1.807, 2.05) is 6.92 Å². The molecular weight excluding hydrogens is 218 g/mol. The lowest BCUT2D eigenvalue weighted by molar-refractivity contribution is -0.134. The molecule has 15 heavy (non-hydrogen) atoms. The van der Waals surface area contributed by atoms with Crippen molar-refractivity contribution in [1.29, 1.82) is 0 Å². The molecule has 1 aliphatic carbocycles. The predicted molar refractivity (Wildman–Crippen MR) is 56.0 cm³/mol. The topological polar surface area (TPSA) is 74.7 Å². The number of rotatable bonds is 7. The number of nitrogens with zero attached hydrogens (tertiary/aromatic N) is 1. The number of sulfonamides is 1. The summed E-state index contributed by atoms with van der Waals surface area (Å²) in [7, 11) is -3.61. The van der Waals surface area contributed by atoms with Gasteiger partial charge in [0.05, 0.1) is 0 Å². The van der Waals surface area contributed by atoms with Gasteiger partial charge in [0, 0.05) is 13.1 Å². The molecule has 5 nitrogen and oxygen atoms in total. The number of carboxylic acid groups (broad SMARTS) is 1. The predicted octanol–water partition coefficient (Wildman–Crippen LogP) is 0.523.